The Morgan fingerprint density at radius 3 is 2.55 bits per heavy atom. The molecule has 1 atom stereocenters. The summed E-state index contributed by atoms with van der Waals surface area (Å²) in [6.45, 7) is 2.49. The number of alkyl halides is 1. The first-order chi connectivity index (χ1) is 10.1. The van der Waals surface area contributed by atoms with Crippen LogP contribution in [0.1, 0.15) is 25.8 Å². The number of carbonyl (C=O) groups excluding carboxylic acids is 1. The Morgan fingerprint density at radius 1 is 1.41 bits per heavy atom. The number of hydrogen-bond donors (Lipinski definition) is 1. The van der Waals surface area contributed by atoms with Crippen LogP contribution in [0.5, 0.6) is 0 Å². The first kappa shape index (κ1) is 16.7. The van der Waals surface area contributed by atoms with Crippen LogP contribution in [0.2, 0.25) is 5.02 Å². The molecule has 1 aliphatic rings. The molecule has 120 valence electrons. The number of aliphatic carboxylic acids is 1. The molecule has 2 rings (SSSR count). The number of carbonyl (C=O) groups is 2. The van der Waals surface area contributed by atoms with Gasteiger partial charge in [0.1, 0.15) is 5.82 Å². The van der Waals surface area contributed by atoms with E-state index in [1.54, 1.807) is 0 Å². The summed E-state index contributed by atoms with van der Waals surface area (Å²) < 4.78 is 28.1. The molecule has 0 aliphatic carbocycles. The van der Waals surface area contributed by atoms with E-state index in [2.05, 4.69) is 0 Å². The lowest BCUT2D eigenvalue weighted by Crippen LogP contribution is -2.45. The number of likely N-dealkylation sites (tertiary alicyclic amines) is 1. The number of carboxylic acids is 1. The second-order valence-electron chi connectivity index (χ2n) is 6.00. The van der Waals surface area contributed by atoms with Gasteiger partial charge in [0, 0.05) is 23.6 Å². The van der Waals surface area contributed by atoms with Gasteiger partial charge in [-0.1, -0.05) is 17.7 Å². The zero-order valence-corrected chi connectivity index (χ0v) is 13.0. The smallest absolute Gasteiger partial charge is 0.343 e. The van der Waals surface area contributed by atoms with Crippen molar-refractivity contribution in [3.05, 3.63) is 34.6 Å². The minimum atomic E-state index is -2.44. The van der Waals surface area contributed by atoms with Crippen molar-refractivity contribution in [3.63, 3.8) is 0 Å². The summed E-state index contributed by atoms with van der Waals surface area (Å²) in [5.74, 6) is -2.73. The van der Waals surface area contributed by atoms with Gasteiger partial charge in [0.25, 0.3) is 0 Å². The normalized spacial score (nSPS) is 22.0. The minimum Gasteiger partial charge on any atom is -0.479 e. The second-order valence-corrected chi connectivity index (χ2v) is 6.43. The fraction of sp³-hybridized carbons (Fsp3) is 0.467. The molecule has 1 heterocycles. The molecule has 7 heteroatoms. The summed E-state index contributed by atoms with van der Waals surface area (Å²) >= 11 is 5.70. The Labute approximate surface area is 131 Å². The van der Waals surface area contributed by atoms with Crippen LogP contribution in [0.25, 0.3) is 0 Å². The molecule has 22 heavy (non-hydrogen) atoms. The molecule has 1 fully saturated rings. The summed E-state index contributed by atoms with van der Waals surface area (Å²) in [6, 6.07) is 3.98. The van der Waals surface area contributed by atoms with Crippen molar-refractivity contribution in [2.75, 3.05) is 13.1 Å². The molecule has 0 saturated carbocycles. The molecule has 1 aromatic rings. The first-order valence-electron chi connectivity index (χ1n) is 6.75. The highest BCUT2D eigenvalue weighted by atomic mass is 35.5. The summed E-state index contributed by atoms with van der Waals surface area (Å²) in [5.41, 5.74) is -3.56. The zero-order valence-electron chi connectivity index (χ0n) is 12.2. The lowest BCUT2D eigenvalue weighted by molar-refractivity contribution is -0.150. The Bertz CT molecular complexity index is 635. The van der Waals surface area contributed by atoms with E-state index in [1.807, 2.05) is 0 Å². The van der Waals surface area contributed by atoms with Gasteiger partial charge < -0.3 is 10.0 Å². The van der Waals surface area contributed by atoms with Gasteiger partial charge in [0.2, 0.25) is 11.6 Å². The second kappa shape index (κ2) is 5.50. The van der Waals surface area contributed by atoms with E-state index in [-0.39, 0.29) is 23.6 Å². The van der Waals surface area contributed by atoms with Crippen LogP contribution in [0.3, 0.4) is 0 Å². The van der Waals surface area contributed by atoms with E-state index < -0.39 is 35.3 Å². The lowest BCUT2D eigenvalue weighted by atomic mass is 9.83. The molecular formula is C15H16ClF2NO3. The Balaban J connectivity index is 2.27. The molecule has 0 bridgehead atoms. The largest absolute Gasteiger partial charge is 0.479 e. The van der Waals surface area contributed by atoms with E-state index in [9.17, 15) is 18.4 Å². The maximum atomic E-state index is 14.1. The van der Waals surface area contributed by atoms with Crippen LogP contribution in [0, 0.1) is 5.82 Å². The highest BCUT2D eigenvalue weighted by molar-refractivity contribution is 6.30. The van der Waals surface area contributed by atoms with Gasteiger partial charge in [0.05, 0.1) is 12.0 Å². The summed E-state index contributed by atoms with van der Waals surface area (Å²) in [5, 5.41) is 9.09. The topological polar surface area (TPSA) is 57.6 Å². The van der Waals surface area contributed by atoms with Gasteiger partial charge in [-0.3, -0.25) is 4.79 Å². The standard InChI is InChI=1S/C15H16ClF2NO3/c1-14(2,10-4-3-9(16)7-11(10)17)12(20)19-6-5-15(18,8-19)13(21)22/h3-4,7H,5-6,8H2,1-2H3,(H,21,22). The third kappa shape index (κ3) is 2.79. The summed E-state index contributed by atoms with van der Waals surface area (Å²) in [7, 11) is 0. The van der Waals surface area contributed by atoms with Gasteiger partial charge in [-0.25, -0.2) is 13.6 Å². The first-order valence-corrected chi connectivity index (χ1v) is 7.13. The molecule has 1 aliphatic heterocycles. The van der Waals surface area contributed by atoms with E-state index in [0.29, 0.717) is 0 Å². The molecule has 0 aromatic heterocycles. The maximum Gasteiger partial charge on any atom is 0.343 e. The number of benzene rings is 1. The molecule has 1 amide bonds. The van der Waals surface area contributed by atoms with Gasteiger partial charge >= 0.3 is 5.97 Å². The number of halogens is 3. The van der Waals surface area contributed by atoms with Gasteiger partial charge in [-0.2, -0.15) is 0 Å². The van der Waals surface area contributed by atoms with E-state index >= 15 is 0 Å². The number of carboxylic acid groups (broad SMARTS) is 1. The van der Waals surface area contributed by atoms with E-state index in [4.69, 9.17) is 16.7 Å². The molecule has 1 unspecified atom stereocenters. The number of nitrogens with zero attached hydrogens (tertiary/aromatic N) is 1. The van der Waals surface area contributed by atoms with Crippen molar-refractivity contribution in [3.8, 4) is 0 Å². The quantitative estimate of drug-likeness (QED) is 0.926. The minimum absolute atomic E-state index is 0.0136. The summed E-state index contributed by atoms with van der Waals surface area (Å²) in [6.07, 6.45) is -0.271. The number of hydrogen-bond acceptors (Lipinski definition) is 2. The highest BCUT2D eigenvalue weighted by Gasteiger charge is 2.49. The zero-order chi connectivity index (χ0) is 16.7. The third-order valence-electron chi connectivity index (χ3n) is 4.03. The van der Waals surface area contributed by atoms with Crippen molar-refractivity contribution in [2.24, 2.45) is 0 Å². The fourth-order valence-corrected chi connectivity index (χ4v) is 2.79. The molecule has 0 radical (unpaired) electrons. The maximum absolute atomic E-state index is 14.1. The van der Waals surface area contributed by atoms with Crippen molar-refractivity contribution < 1.29 is 23.5 Å². The predicted octanol–water partition coefficient (Wildman–Crippen LogP) is 2.78. The predicted molar refractivity (Wildman–Crippen MR) is 77.1 cm³/mol. The lowest BCUT2D eigenvalue weighted by Gasteiger charge is -2.30. The molecule has 1 N–H and O–H groups in total. The van der Waals surface area contributed by atoms with Crippen molar-refractivity contribution >= 4 is 23.5 Å². The fourth-order valence-electron chi connectivity index (χ4n) is 2.63. The molecule has 4 nitrogen and oxygen atoms in total. The highest BCUT2D eigenvalue weighted by Crippen LogP contribution is 2.33. The van der Waals surface area contributed by atoms with Crippen molar-refractivity contribution in [1.82, 2.24) is 4.90 Å². The van der Waals surface area contributed by atoms with Crippen LogP contribution in [0.15, 0.2) is 18.2 Å². The monoisotopic (exact) mass is 331 g/mol. The van der Waals surface area contributed by atoms with Gasteiger partial charge in [-0.05, 0) is 26.0 Å². The van der Waals surface area contributed by atoms with Crippen LogP contribution < -0.4 is 0 Å². The average molecular weight is 332 g/mol. The van der Waals surface area contributed by atoms with Gasteiger partial charge in [-0.15, -0.1) is 0 Å². The Kier molecular flexibility index (Phi) is 4.17. The SMILES string of the molecule is CC(C)(C(=O)N1CCC(F)(C(=O)O)C1)c1ccc(Cl)cc1F. The molecule has 1 aromatic carbocycles. The average Bonchev–Trinajstić information content (AvgIpc) is 2.81. The summed E-state index contributed by atoms with van der Waals surface area (Å²) in [4.78, 5) is 24.6. The Morgan fingerprint density at radius 2 is 2.05 bits per heavy atom. The van der Waals surface area contributed by atoms with Crippen LogP contribution in [-0.2, 0) is 15.0 Å². The van der Waals surface area contributed by atoms with Gasteiger partial charge in [0.15, 0.2) is 0 Å². The van der Waals surface area contributed by atoms with Crippen LogP contribution >= 0.6 is 11.6 Å². The Hall–Kier alpha value is -1.69. The third-order valence-corrected chi connectivity index (χ3v) is 4.26. The van der Waals surface area contributed by atoms with E-state index in [1.165, 1.54) is 26.0 Å². The molecule has 1 saturated heterocycles. The number of amides is 1. The van der Waals surface area contributed by atoms with Crippen LogP contribution in [0.4, 0.5) is 8.78 Å². The molecular weight excluding hydrogens is 316 g/mol. The number of rotatable bonds is 3. The van der Waals surface area contributed by atoms with Crippen LogP contribution in [-0.4, -0.2) is 40.6 Å². The van der Waals surface area contributed by atoms with Crippen molar-refractivity contribution in [2.45, 2.75) is 31.4 Å². The van der Waals surface area contributed by atoms with Crippen molar-refractivity contribution in [1.29, 1.82) is 0 Å². The molecule has 0 spiro atoms. The van der Waals surface area contributed by atoms with E-state index in [0.717, 1.165) is 11.0 Å².